The Labute approximate surface area is 110 Å². The third kappa shape index (κ3) is 2.39. The van der Waals surface area contributed by atoms with Crippen LogP contribution in [0.4, 0.5) is 0 Å². The zero-order chi connectivity index (χ0) is 11.1. The maximum absolute atomic E-state index is 11.0. The molecule has 0 aliphatic rings. The van der Waals surface area contributed by atoms with Crippen LogP contribution >= 0.6 is 45.2 Å². The number of halogens is 2. The van der Waals surface area contributed by atoms with Gasteiger partial charge < -0.3 is 0 Å². The molecule has 3 nitrogen and oxygen atoms in total. The number of rotatable bonds is 1. The summed E-state index contributed by atoms with van der Waals surface area (Å²) in [6.45, 7) is 3.50. The molecular weight excluding hydrogens is 430 g/mol. The van der Waals surface area contributed by atoms with E-state index in [-0.39, 0.29) is 4.90 Å². The molecule has 1 aromatic rings. The van der Waals surface area contributed by atoms with E-state index in [1.54, 1.807) is 6.92 Å². The van der Waals surface area contributed by atoms with E-state index in [1.807, 2.05) is 6.92 Å². The summed E-state index contributed by atoms with van der Waals surface area (Å²) in [5.41, 5.74) is 1.45. The van der Waals surface area contributed by atoms with Gasteiger partial charge in [0.2, 0.25) is 0 Å². The molecule has 1 aromatic carbocycles. The predicted molar refractivity (Wildman–Crippen MR) is 71.2 cm³/mol. The van der Waals surface area contributed by atoms with Gasteiger partial charge in [0.05, 0.1) is 4.90 Å². The molecule has 0 saturated carbocycles. The van der Waals surface area contributed by atoms with Gasteiger partial charge in [-0.25, -0.2) is 0 Å². The zero-order valence-corrected chi connectivity index (χ0v) is 12.6. The highest BCUT2D eigenvalue weighted by Gasteiger charge is 2.17. The van der Waals surface area contributed by atoms with E-state index >= 15 is 0 Å². The van der Waals surface area contributed by atoms with Crippen molar-refractivity contribution in [2.75, 3.05) is 0 Å². The average molecular weight is 438 g/mol. The standard InChI is InChI=1S/C8H8I2O3S/c1-4-3-6(14(11,12)13)5(2)8(10)7(4)9/h3H,1-2H3,(H,11,12,13). The smallest absolute Gasteiger partial charge is 0.282 e. The van der Waals surface area contributed by atoms with E-state index in [1.165, 1.54) is 6.07 Å². The largest absolute Gasteiger partial charge is 0.294 e. The lowest BCUT2D eigenvalue weighted by atomic mass is 10.2. The Morgan fingerprint density at radius 2 is 1.71 bits per heavy atom. The average Bonchev–Trinajstić information content (AvgIpc) is 2.06. The van der Waals surface area contributed by atoms with Gasteiger partial charge in [-0.3, -0.25) is 4.55 Å². The minimum absolute atomic E-state index is 0.000170. The van der Waals surface area contributed by atoms with Gasteiger partial charge in [-0.1, -0.05) is 0 Å². The highest BCUT2D eigenvalue weighted by atomic mass is 127. The van der Waals surface area contributed by atoms with Crippen LogP contribution in [0.3, 0.4) is 0 Å². The van der Waals surface area contributed by atoms with Crippen molar-refractivity contribution >= 4 is 55.3 Å². The topological polar surface area (TPSA) is 54.4 Å². The van der Waals surface area contributed by atoms with Crippen molar-refractivity contribution in [1.82, 2.24) is 0 Å². The fraction of sp³-hybridized carbons (Fsp3) is 0.250. The SMILES string of the molecule is Cc1cc(S(=O)(=O)O)c(C)c(I)c1I. The van der Waals surface area contributed by atoms with Gasteiger partial charge in [0.25, 0.3) is 10.1 Å². The van der Waals surface area contributed by atoms with Crippen LogP contribution in [0, 0.1) is 21.0 Å². The molecular formula is C8H8I2O3S. The summed E-state index contributed by atoms with van der Waals surface area (Å²) in [5, 5.41) is 0. The predicted octanol–water partition coefficient (Wildman–Crippen LogP) is 2.76. The first kappa shape index (κ1) is 12.7. The van der Waals surface area contributed by atoms with Gasteiger partial charge in [-0.15, -0.1) is 0 Å². The molecule has 0 heterocycles. The number of benzene rings is 1. The molecule has 0 amide bonds. The molecule has 14 heavy (non-hydrogen) atoms. The molecule has 0 saturated heterocycles. The normalized spacial score (nSPS) is 11.8. The maximum atomic E-state index is 11.0. The van der Waals surface area contributed by atoms with Crippen LogP contribution in [0.1, 0.15) is 11.1 Å². The molecule has 1 N–H and O–H groups in total. The summed E-state index contributed by atoms with van der Waals surface area (Å²) in [6, 6.07) is 1.49. The van der Waals surface area contributed by atoms with Crippen molar-refractivity contribution in [3.8, 4) is 0 Å². The van der Waals surface area contributed by atoms with Gasteiger partial charge in [-0.2, -0.15) is 8.42 Å². The van der Waals surface area contributed by atoms with Crippen LogP contribution in [0.15, 0.2) is 11.0 Å². The maximum Gasteiger partial charge on any atom is 0.294 e. The summed E-state index contributed by atoms with van der Waals surface area (Å²) in [4.78, 5) is -0.000170. The van der Waals surface area contributed by atoms with Crippen molar-refractivity contribution in [1.29, 1.82) is 0 Å². The monoisotopic (exact) mass is 438 g/mol. The van der Waals surface area contributed by atoms with Gasteiger partial charge in [0.15, 0.2) is 0 Å². The summed E-state index contributed by atoms with van der Waals surface area (Å²) in [6.07, 6.45) is 0. The second-order valence-corrected chi connectivity index (χ2v) is 6.47. The molecule has 0 fully saturated rings. The Morgan fingerprint density at radius 1 is 1.21 bits per heavy atom. The lowest BCUT2D eigenvalue weighted by Crippen LogP contribution is -2.04. The minimum Gasteiger partial charge on any atom is -0.282 e. The van der Waals surface area contributed by atoms with E-state index < -0.39 is 10.1 Å². The summed E-state index contributed by atoms with van der Waals surface area (Å²) in [7, 11) is -4.10. The molecule has 0 spiro atoms. The van der Waals surface area contributed by atoms with Crippen LogP contribution in [0.2, 0.25) is 0 Å². The zero-order valence-electron chi connectivity index (χ0n) is 7.51. The van der Waals surface area contributed by atoms with E-state index in [0.29, 0.717) is 5.56 Å². The Hall–Kier alpha value is 0.590. The van der Waals surface area contributed by atoms with Crippen LogP contribution in [-0.2, 0) is 10.1 Å². The van der Waals surface area contributed by atoms with E-state index in [0.717, 1.165) is 12.7 Å². The Balaban J connectivity index is 3.66. The van der Waals surface area contributed by atoms with Crippen LogP contribution in [0.5, 0.6) is 0 Å². The van der Waals surface area contributed by atoms with E-state index in [2.05, 4.69) is 45.2 Å². The molecule has 0 aliphatic heterocycles. The van der Waals surface area contributed by atoms with Crippen LogP contribution in [-0.4, -0.2) is 13.0 Å². The Bertz CT molecular complexity index is 480. The van der Waals surface area contributed by atoms with Gasteiger partial charge >= 0.3 is 0 Å². The second kappa shape index (κ2) is 4.22. The van der Waals surface area contributed by atoms with Crippen LogP contribution in [0.25, 0.3) is 0 Å². The van der Waals surface area contributed by atoms with Crippen LogP contribution < -0.4 is 0 Å². The van der Waals surface area contributed by atoms with Gasteiger partial charge in [0, 0.05) is 7.14 Å². The van der Waals surface area contributed by atoms with Crippen molar-refractivity contribution in [3.05, 3.63) is 24.3 Å². The fourth-order valence-electron chi connectivity index (χ4n) is 1.08. The Morgan fingerprint density at radius 3 is 2.14 bits per heavy atom. The van der Waals surface area contributed by atoms with Crippen molar-refractivity contribution < 1.29 is 13.0 Å². The van der Waals surface area contributed by atoms with E-state index in [9.17, 15) is 8.42 Å². The molecule has 0 bridgehead atoms. The molecule has 0 radical (unpaired) electrons. The third-order valence-electron chi connectivity index (χ3n) is 1.86. The summed E-state index contributed by atoms with van der Waals surface area (Å²) in [5.74, 6) is 0. The summed E-state index contributed by atoms with van der Waals surface area (Å²) < 4.78 is 32.9. The van der Waals surface area contributed by atoms with E-state index in [4.69, 9.17) is 4.55 Å². The molecule has 0 aromatic heterocycles. The number of hydrogen-bond donors (Lipinski definition) is 1. The summed E-state index contributed by atoms with van der Waals surface area (Å²) >= 11 is 4.23. The van der Waals surface area contributed by atoms with Crippen molar-refractivity contribution in [3.63, 3.8) is 0 Å². The highest BCUT2D eigenvalue weighted by molar-refractivity contribution is 14.1. The Kier molecular flexibility index (Phi) is 3.82. The first-order valence-corrected chi connectivity index (χ1v) is 7.27. The van der Waals surface area contributed by atoms with Crippen molar-refractivity contribution in [2.24, 2.45) is 0 Å². The second-order valence-electron chi connectivity index (χ2n) is 2.92. The quantitative estimate of drug-likeness (QED) is 0.543. The lowest BCUT2D eigenvalue weighted by Gasteiger charge is -2.09. The van der Waals surface area contributed by atoms with Crippen molar-refractivity contribution in [2.45, 2.75) is 18.7 Å². The first-order chi connectivity index (χ1) is 6.25. The third-order valence-corrected chi connectivity index (χ3v) is 6.61. The highest BCUT2D eigenvalue weighted by Crippen LogP contribution is 2.28. The lowest BCUT2D eigenvalue weighted by molar-refractivity contribution is 0.482. The molecule has 6 heteroatoms. The molecule has 0 atom stereocenters. The molecule has 0 aliphatic carbocycles. The molecule has 1 rings (SSSR count). The number of aryl methyl sites for hydroxylation is 1. The van der Waals surface area contributed by atoms with Gasteiger partial charge in [-0.05, 0) is 76.2 Å². The minimum atomic E-state index is -4.10. The first-order valence-electron chi connectivity index (χ1n) is 3.68. The fourth-order valence-corrected chi connectivity index (χ4v) is 3.36. The number of hydrogen-bond acceptors (Lipinski definition) is 2. The molecule has 78 valence electrons. The molecule has 0 unspecified atom stereocenters. The van der Waals surface area contributed by atoms with Gasteiger partial charge in [0.1, 0.15) is 0 Å².